The van der Waals surface area contributed by atoms with Crippen LogP contribution in [0.2, 0.25) is 5.02 Å². The second-order valence-electron chi connectivity index (χ2n) is 9.20. The zero-order chi connectivity index (χ0) is 25.0. The van der Waals surface area contributed by atoms with Crippen LogP contribution in [0.1, 0.15) is 28.4 Å². The highest BCUT2D eigenvalue weighted by Gasteiger charge is 2.48. The van der Waals surface area contributed by atoms with Crippen LogP contribution in [0, 0.1) is 5.21 Å². The number of H-pyrrole nitrogens is 1. The summed E-state index contributed by atoms with van der Waals surface area (Å²) < 4.78 is 0. The molecule has 0 saturated carbocycles. The van der Waals surface area contributed by atoms with E-state index in [0.29, 0.717) is 17.0 Å². The molecule has 3 N–H and O–H groups in total. The Labute approximate surface area is 211 Å². The van der Waals surface area contributed by atoms with Gasteiger partial charge in [0.1, 0.15) is 12.6 Å². The number of carbonyl (C=O) groups is 2. The van der Waals surface area contributed by atoms with Crippen molar-refractivity contribution < 1.29 is 20.0 Å². The van der Waals surface area contributed by atoms with Gasteiger partial charge in [0.2, 0.25) is 11.8 Å². The molecule has 0 radical (unpaired) electrons. The molecule has 2 amide bonds. The third-order valence-corrected chi connectivity index (χ3v) is 7.48. The van der Waals surface area contributed by atoms with Gasteiger partial charge in [-0.1, -0.05) is 60.1 Å². The number of para-hydroxylation sites is 1. The molecule has 6 rings (SSSR count). The Morgan fingerprint density at radius 1 is 1.06 bits per heavy atom. The minimum atomic E-state index is -1.05. The summed E-state index contributed by atoms with van der Waals surface area (Å²) in [6.07, 6.45) is 0.373. The molecule has 36 heavy (non-hydrogen) atoms. The van der Waals surface area contributed by atoms with E-state index in [1.165, 1.54) is 6.07 Å². The number of rotatable bonds is 4. The number of quaternary nitrogens is 1. The van der Waals surface area contributed by atoms with Crippen LogP contribution < -0.4 is 5.23 Å². The molecule has 8 nitrogen and oxygen atoms in total. The summed E-state index contributed by atoms with van der Waals surface area (Å²) >= 11 is 6.34. The van der Waals surface area contributed by atoms with Gasteiger partial charge in [-0.3, -0.25) is 9.59 Å². The maximum atomic E-state index is 13.8. The Hall–Kier alpha value is -3.69. The number of hydrogen-bond donors (Lipinski definition) is 3. The molecule has 3 heterocycles. The van der Waals surface area contributed by atoms with Gasteiger partial charge in [-0.2, -0.15) is 5.23 Å². The summed E-state index contributed by atoms with van der Waals surface area (Å²) in [6, 6.07) is 20.4. The van der Waals surface area contributed by atoms with Gasteiger partial charge in [0, 0.05) is 46.7 Å². The van der Waals surface area contributed by atoms with Crippen molar-refractivity contribution in [2.24, 2.45) is 0 Å². The minimum absolute atomic E-state index is 0.0781. The second kappa shape index (κ2) is 8.76. The summed E-state index contributed by atoms with van der Waals surface area (Å²) in [7, 11) is 0. The highest BCUT2D eigenvalue weighted by atomic mass is 35.5. The topological polar surface area (TPSA) is 104 Å². The van der Waals surface area contributed by atoms with Gasteiger partial charge in [0.05, 0.1) is 6.04 Å². The van der Waals surface area contributed by atoms with Crippen LogP contribution in [0.5, 0.6) is 0 Å². The Kier molecular flexibility index (Phi) is 5.54. The molecule has 3 atom stereocenters. The number of fused-ring (bicyclic) bond motifs is 4. The molecule has 1 aromatic heterocycles. The number of aromatic nitrogens is 1. The van der Waals surface area contributed by atoms with E-state index in [1.54, 1.807) is 28.0 Å². The van der Waals surface area contributed by atoms with E-state index in [-0.39, 0.29) is 30.6 Å². The molecular weight excluding hydrogens is 480 g/mol. The smallest absolute Gasteiger partial charge is 0.246 e. The van der Waals surface area contributed by atoms with Crippen molar-refractivity contribution in [3.63, 3.8) is 0 Å². The second-order valence-corrected chi connectivity index (χ2v) is 9.61. The van der Waals surface area contributed by atoms with Gasteiger partial charge in [0.15, 0.2) is 5.69 Å². The first-order chi connectivity index (χ1) is 17.4. The first-order valence-corrected chi connectivity index (χ1v) is 12.1. The molecule has 0 spiro atoms. The molecule has 4 aromatic rings. The summed E-state index contributed by atoms with van der Waals surface area (Å²) in [5.74, 6) is -0.341. The van der Waals surface area contributed by atoms with Crippen molar-refractivity contribution in [2.45, 2.75) is 25.0 Å². The van der Waals surface area contributed by atoms with E-state index in [0.717, 1.165) is 27.7 Å². The number of hydrogen-bond acceptors (Lipinski definition) is 4. The Morgan fingerprint density at radius 3 is 2.64 bits per heavy atom. The van der Waals surface area contributed by atoms with E-state index >= 15 is 0 Å². The fourth-order valence-electron chi connectivity index (χ4n) is 5.48. The maximum Gasteiger partial charge on any atom is 0.246 e. The number of benzene rings is 3. The lowest BCUT2D eigenvalue weighted by atomic mass is 9.86. The predicted octanol–water partition coefficient (Wildman–Crippen LogP) is 3.11. The summed E-state index contributed by atoms with van der Waals surface area (Å²) in [5, 5.41) is 21.8. The number of amides is 2. The zero-order valence-corrected chi connectivity index (χ0v) is 19.9. The first kappa shape index (κ1) is 22.8. The average Bonchev–Trinajstić information content (AvgIpc) is 3.25. The Balaban J connectivity index is 1.47. The Morgan fingerprint density at radius 2 is 1.83 bits per heavy atom. The molecule has 0 aliphatic carbocycles. The fourth-order valence-corrected chi connectivity index (χ4v) is 5.67. The van der Waals surface area contributed by atoms with E-state index < -0.39 is 17.3 Å². The summed E-state index contributed by atoms with van der Waals surface area (Å²) in [5.41, 5.74) is 4.25. The summed E-state index contributed by atoms with van der Waals surface area (Å²) in [4.78, 5) is 34.1. The molecular formula is C27H23ClN4O4. The number of halogens is 1. The van der Waals surface area contributed by atoms with E-state index in [2.05, 4.69) is 4.98 Å². The van der Waals surface area contributed by atoms with E-state index in [4.69, 9.17) is 11.6 Å². The molecule has 1 fully saturated rings. The molecule has 2 aliphatic rings. The van der Waals surface area contributed by atoms with Gasteiger partial charge < -0.3 is 20.0 Å². The third kappa shape index (κ3) is 3.66. The SMILES string of the molecule is O=C1C2Cc3c([nH]c4ccccc34)C(c3cccc([NH+]([O-])O)c3)N2C(=O)CN1Cc1ccccc1Cl. The van der Waals surface area contributed by atoms with Gasteiger partial charge in [-0.25, -0.2) is 5.21 Å². The molecule has 9 heteroatoms. The normalized spacial score (nSPS) is 20.4. The number of nitrogens with one attached hydrogen (secondary N) is 2. The van der Waals surface area contributed by atoms with Crippen LogP contribution in [-0.2, 0) is 22.6 Å². The number of aromatic amines is 1. The lowest BCUT2D eigenvalue weighted by Gasteiger charge is -2.47. The van der Waals surface area contributed by atoms with Crippen molar-refractivity contribution >= 4 is 40.0 Å². The van der Waals surface area contributed by atoms with Gasteiger partial charge in [-0.05, 0) is 28.8 Å². The largest absolute Gasteiger partial charge is 0.595 e. The molecule has 1 saturated heterocycles. The monoisotopic (exact) mass is 502 g/mol. The first-order valence-electron chi connectivity index (χ1n) is 11.7. The fraction of sp³-hybridized carbons (Fsp3) is 0.185. The standard InChI is InChI=1S/C27H23ClN4O4/c28-21-10-3-1-6-17(21)14-30-15-24(33)31-23(27(30)34)13-20-19-9-2-4-11-22(19)29-25(20)26(31)16-7-5-8-18(12-16)32(35)36/h1-12,23,26,29,32,35H,13-15H2. The van der Waals surface area contributed by atoms with Crippen molar-refractivity contribution in [2.75, 3.05) is 6.54 Å². The lowest BCUT2D eigenvalue weighted by molar-refractivity contribution is -0.991. The van der Waals surface area contributed by atoms with Crippen molar-refractivity contribution in [3.05, 3.63) is 105 Å². The number of piperazine rings is 1. The zero-order valence-electron chi connectivity index (χ0n) is 19.1. The van der Waals surface area contributed by atoms with Crippen LogP contribution in [0.3, 0.4) is 0 Å². The highest BCUT2D eigenvalue weighted by molar-refractivity contribution is 6.31. The Bertz CT molecular complexity index is 1500. The van der Waals surface area contributed by atoms with Crippen molar-refractivity contribution in [1.29, 1.82) is 0 Å². The third-order valence-electron chi connectivity index (χ3n) is 7.11. The maximum absolute atomic E-state index is 13.8. The van der Waals surface area contributed by atoms with Crippen molar-refractivity contribution in [3.8, 4) is 0 Å². The molecule has 2 aliphatic heterocycles. The molecule has 182 valence electrons. The molecule has 3 unspecified atom stereocenters. The van der Waals surface area contributed by atoms with Crippen LogP contribution in [-0.4, -0.2) is 44.4 Å². The predicted molar refractivity (Wildman–Crippen MR) is 134 cm³/mol. The average molecular weight is 503 g/mol. The minimum Gasteiger partial charge on any atom is -0.595 e. The van der Waals surface area contributed by atoms with Crippen molar-refractivity contribution in [1.82, 2.24) is 14.8 Å². The van der Waals surface area contributed by atoms with E-state index in [9.17, 15) is 20.0 Å². The van der Waals surface area contributed by atoms with Crippen LogP contribution in [0.15, 0.2) is 72.8 Å². The molecule has 3 aromatic carbocycles. The number of nitrogens with zero attached hydrogens (tertiary/aromatic N) is 2. The van der Waals surface area contributed by atoms with Gasteiger partial charge in [-0.15, -0.1) is 0 Å². The highest BCUT2D eigenvalue weighted by Crippen LogP contribution is 2.43. The summed E-state index contributed by atoms with van der Waals surface area (Å²) in [6.45, 7) is 0.166. The number of carbonyl (C=O) groups excluding carboxylic acids is 2. The molecule has 0 bridgehead atoms. The van der Waals surface area contributed by atoms with Crippen LogP contribution in [0.25, 0.3) is 10.9 Å². The quantitative estimate of drug-likeness (QED) is 0.373. The van der Waals surface area contributed by atoms with Crippen LogP contribution in [0.4, 0.5) is 5.69 Å². The van der Waals surface area contributed by atoms with Gasteiger partial charge >= 0.3 is 0 Å². The van der Waals surface area contributed by atoms with Crippen LogP contribution >= 0.6 is 11.6 Å². The van der Waals surface area contributed by atoms with E-state index in [1.807, 2.05) is 48.5 Å². The lowest BCUT2D eigenvalue weighted by Crippen LogP contribution is -2.99. The van der Waals surface area contributed by atoms with Gasteiger partial charge in [0.25, 0.3) is 0 Å².